The Bertz CT molecular complexity index is 928. The molecule has 4 unspecified atom stereocenters. The fourth-order valence-electron chi connectivity index (χ4n) is 4.65. The van der Waals surface area contributed by atoms with Gasteiger partial charge in [0.2, 0.25) is 0 Å². The minimum atomic E-state index is 0. The topological polar surface area (TPSA) is 0 Å². The minimum Gasteiger partial charge on any atom is -1.00 e. The van der Waals surface area contributed by atoms with Gasteiger partial charge in [-0.05, 0) is 0 Å². The van der Waals surface area contributed by atoms with Crippen LogP contribution < -0.4 is 24.8 Å². The summed E-state index contributed by atoms with van der Waals surface area (Å²) in [7, 11) is 0. The zero-order chi connectivity index (χ0) is 28.1. The molecule has 40 heavy (non-hydrogen) atoms. The van der Waals surface area contributed by atoms with E-state index >= 15 is 0 Å². The van der Waals surface area contributed by atoms with E-state index in [1.54, 1.807) is 0 Å². The molecule has 4 aliphatic rings. The zero-order valence-electron chi connectivity index (χ0n) is 28.0. The molecule has 0 saturated heterocycles. The van der Waals surface area contributed by atoms with Crippen molar-refractivity contribution in [2.24, 2.45) is 23.7 Å². The summed E-state index contributed by atoms with van der Waals surface area (Å²) in [6.07, 6.45) is 13.4. The third-order valence-corrected chi connectivity index (χ3v) is 8.95. The van der Waals surface area contributed by atoms with Crippen LogP contribution in [-0.4, -0.2) is 0 Å². The molecule has 0 amide bonds. The molecule has 0 aromatic carbocycles. The smallest absolute Gasteiger partial charge is 0 e. The second-order valence-electron chi connectivity index (χ2n) is 11.2. The monoisotopic (exact) mass is 656 g/mol. The fraction of sp³-hybridized carbons (Fsp3) is 0.556. The van der Waals surface area contributed by atoms with E-state index in [-0.39, 0.29) is 61.9 Å². The largest absolute Gasteiger partial charge is 1.00 e. The molecule has 0 aliphatic heterocycles. The Kier molecular flexibility index (Phi) is 24.0. The van der Waals surface area contributed by atoms with Gasteiger partial charge >= 0.3 is 0 Å². The Hall–Kier alpha value is -0.331. The van der Waals surface area contributed by atoms with Crippen LogP contribution in [0.15, 0.2) is 66.9 Å². The quantitative estimate of drug-likeness (QED) is 0.326. The molecular formula is C36H52Cl2V2-6. The van der Waals surface area contributed by atoms with Gasteiger partial charge in [-0.3, -0.25) is 24.3 Å². The molecule has 0 aromatic heterocycles. The van der Waals surface area contributed by atoms with E-state index in [1.807, 2.05) is 0 Å². The van der Waals surface area contributed by atoms with E-state index in [2.05, 4.69) is 135 Å². The summed E-state index contributed by atoms with van der Waals surface area (Å²) in [5.41, 5.74) is 17.0. The van der Waals surface area contributed by atoms with Gasteiger partial charge in [0, 0.05) is 37.1 Å². The van der Waals surface area contributed by atoms with Crippen LogP contribution in [0.25, 0.3) is 0 Å². The summed E-state index contributed by atoms with van der Waals surface area (Å²) in [5.74, 6) is 2.24. The average Bonchev–Trinajstić information content (AvgIpc) is 3.37. The van der Waals surface area contributed by atoms with Crippen molar-refractivity contribution in [3.8, 4) is 0 Å². The molecule has 0 saturated carbocycles. The summed E-state index contributed by atoms with van der Waals surface area (Å²) in [4.78, 5) is 0. The molecule has 0 N–H and O–H groups in total. The summed E-state index contributed by atoms with van der Waals surface area (Å²) >= 11 is 0. The molecule has 0 aromatic rings. The fourth-order valence-corrected chi connectivity index (χ4v) is 4.65. The van der Waals surface area contributed by atoms with Gasteiger partial charge in [0.15, 0.2) is 0 Å². The van der Waals surface area contributed by atoms with Crippen LogP contribution in [0.2, 0.25) is 0 Å². The van der Waals surface area contributed by atoms with E-state index in [0.29, 0.717) is 23.7 Å². The van der Waals surface area contributed by atoms with Crippen molar-refractivity contribution in [1.29, 1.82) is 0 Å². The van der Waals surface area contributed by atoms with Crippen LogP contribution in [0.5, 0.6) is 0 Å². The molecule has 0 heterocycles. The van der Waals surface area contributed by atoms with E-state index in [9.17, 15) is 0 Å². The molecule has 4 rings (SSSR count). The van der Waals surface area contributed by atoms with Gasteiger partial charge in [-0.1, -0.05) is 107 Å². The van der Waals surface area contributed by atoms with Gasteiger partial charge in [0.1, 0.15) is 0 Å². The van der Waals surface area contributed by atoms with Crippen LogP contribution in [-0.2, 0) is 37.1 Å². The third kappa shape index (κ3) is 12.5. The van der Waals surface area contributed by atoms with Gasteiger partial charge in [-0.15, -0.1) is 27.7 Å². The molecule has 4 heteroatoms. The standard InChI is InChI=1S/4C9H13.2ClH.2V/c4*1-6-5-7(2)9(4)8(6)3;;;;/h4*6H,1-4H3;2*1H;;/q4*-1;;;;/p-2. The van der Waals surface area contributed by atoms with Crippen molar-refractivity contribution < 1.29 is 61.9 Å². The first-order valence-electron chi connectivity index (χ1n) is 13.6. The van der Waals surface area contributed by atoms with Crippen molar-refractivity contribution in [3.05, 3.63) is 91.2 Å². The van der Waals surface area contributed by atoms with Crippen LogP contribution in [0.4, 0.5) is 0 Å². The van der Waals surface area contributed by atoms with Crippen LogP contribution >= 0.6 is 0 Å². The van der Waals surface area contributed by atoms with Gasteiger partial charge in [-0.25, -0.2) is 22.3 Å². The number of rotatable bonds is 0. The predicted octanol–water partition coefficient (Wildman–Crippen LogP) is 4.89. The average molecular weight is 658 g/mol. The second kappa shape index (κ2) is 20.6. The van der Waals surface area contributed by atoms with Gasteiger partial charge in [-0.2, -0.15) is 44.6 Å². The van der Waals surface area contributed by atoms with E-state index in [4.69, 9.17) is 0 Å². The van der Waals surface area contributed by atoms with E-state index < -0.39 is 0 Å². The number of halogens is 2. The Morgan fingerprint density at radius 2 is 0.450 bits per heavy atom. The van der Waals surface area contributed by atoms with E-state index in [0.717, 1.165) is 0 Å². The Labute approximate surface area is 285 Å². The molecule has 0 fully saturated rings. The molecule has 226 valence electrons. The molecule has 2 radical (unpaired) electrons. The molecule has 0 nitrogen and oxygen atoms in total. The van der Waals surface area contributed by atoms with Crippen molar-refractivity contribution in [2.45, 2.75) is 111 Å². The molecular weight excluding hydrogens is 605 g/mol. The normalized spacial score (nSPS) is 24.4. The summed E-state index contributed by atoms with van der Waals surface area (Å²) in [5, 5.41) is 0. The summed E-state index contributed by atoms with van der Waals surface area (Å²) in [6, 6.07) is 0. The van der Waals surface area contributed by atoms with Crippen molar-refractivity contribution in [2.75, 3.05) is 0 Å². The van der Waals surface area contributed by atoms with Gasteiger partial charge < -0.3 is 24.8 Å². The Balaban J connectivity index is -0.000000209. The van der Waals surface area contributed by atoms with Crippen LogP contribution in [0, 0.1) is 48.0 Å². The first-order valence-corrected chi connectivity index (χ1v) is 13.6. The number of hydrogen-bond acceptors (Lipinski definition) is 0. The SMILES string of the molecule is CC1=[C-]C(C)C(C)=C1C.CC1=[C-]C(C)C(C)=C1C.CC1=[C-]C(C)C(C)=C1C.CC1=[C-]C(C)C(C)=C1C.[Cl-].[Cl-].[V].[V]. The maximum atomic E-state index is 3.36. The first kappa shape index (κ1) is 46.6. The third-order valence-electron chi connectivity index (χ3n) is 8.95. The first-order chi connectivity index (χ1) is 16.5. The summed E-state index contributed by atoms with van der Waals surface area (Å²) in [6.45, 7) is 34.7. The van der Waals surface area contributed by atoms with Crippen molar-refractivity contribution >= 4 is 0 Å². The predicted molar refractivity (Wildman–Crippen MR) is 160 cm³/mol. The van der Waals surface area contributed by atoms with Crippen molar-refractivity contribution in [1.82, 2.24) is 0 Å². The number of hydrogen-bond donors (Lipinski definition) is 0. The van der Waals surface area contributed by atoms with Crippen molar-refractivity contribution in [3.63, 3.8) is 0 Å². The summed E-state index contributed by atoms with van der Waals surface area (Å²) < 4.78 is 0. The van der Waals surface area contributed by atoms with Gasteiger partial charge in [0.25, 0.3) is 0 Å². The van der Waals surface area contributed by atoms with Crippen LogP contribution in [0.3, 0.4) is 0 Å². The van der Waals surface area contributed by atoms with Gasteiger partial charge in [0.05, 0.1) is 0 Å². The minimum absolute atomic E-state index is 0. The molecule has 4 aliphatic carbocycles. The molecule has 4 atom stereocenters. The van der Waals surface area contributed by atoms with Crippen LogP contribution in [0.1, 0.15) is 111 Å². The Morgan fingerprint density at radius 3 is 0.475 bits per heavy atom. The second-order valence-corrected chi connectivity index (χ2v) is 11.2. The Morgan fingerprint density at radius 1 is 0.325 bits per heavy atom. The maximum absolute atomic E-state index is 3.36. The molecule has 0 spiro atoms. The number of allylic oxidation sites excluding steroid dienone is 16. The zero-order valence-corrected chi connectivity index (χ0v) is 32.3. The van der Waals surface area contributed by atoms with E-state index in [1.165, 1.54) is 66.9 Å². The maximum Gasteiger partial charge on any atom is 0 e. The molecule has 0 bridgehead atoms.